The lowest BCUT2D eigenvalue weighted by molar-refractivity contribution is 0.0949. The van der Waals surface area contributed by atoms with Gasteiger partial charge < -0.3 is 10.3 Å². The molecule has 0 saturated carbocycles. The Hall–Kier alpha value is -1.95. The van der Waals surface area contributed by atoms with E-state index in [-0.39, 0.29) is 17.1 Å². The first kappa shape index (κ1) is 13.5. The number of aromatic nitrogens is 2. The van der Waals surface area contributed by atoms with E-state index in [1.54, 1.807) is 6.20 Å². The van der Waals surface area contributed by atoms with Crippen molar-refractivity contribution in [1.29, 1.82) is 0 Å². The molecule has 0 spiro atoms. The van der Waals surface area contributed by atoms with Crippen LogP contribution in [0.4, 0.5) is 8.78 Å². The predicted molar refractivity (Wildman–Crippen MR) is 66.0 cm³/mol. The molecule has 0 atom stereocenters. The van der Waals surface area contributed by atoms with Gasteiger partial charge in [0.05, 0.1) is 16.9 Å². The van der Waals surface area contributed by atoms with E-state index in [9.17, 15) is 13.6 Å². The van der Waals surface area contributed by atoms with Crippen LogP contribution >= 0.6 is 11.6 Å². The molecular formula is C12H10ClF2N3O. The molecule has 0 aliphatic rings. The van der Waals surface area contributed by atoms with Gasteiger partial charge in [-0.05, 0) is 12.1 Å². The molecular weight excluding hydrogens is 276 g/mol. The Morgan fingerprint density at radius 2 is 2.16 bits per heavy atom. The molecule has 2 N–H and O–H groups in total. The molecule has 0 unspecified atom stereocenters. The summed E-state index contributed by atoms with van der Waals surface area (Å²) in [4.78, 5) is 18.4. The normalized spacial score (nSPS) is 10.5. The average Bonchev–Trinajstić information content (AvgIpc) is 2.86. The number of aromatic amines is 1. The van der Waals surface area contributed by atoms with Crippen molar-refractivity contribution < 1.29 is 13.6 Å². The number of imidazole rings is 1. The summed E-state index contributed by atoms with van der Waals surface area (Å²) in [6, 6.07) is 1.56. The number of benzene rings is 1. The minimum atomic E-state index is -0.856. The minimum absolute atomic E-state index is 0.282. The van der Waals surface area contributed by atoms with Gasteiger partial charge in [0.2, 0.25) is 0 Å². The van der Waals surface area contributed by atoms with Gasteiger partial charge in [-0.25, -0.2) is 13.8 Å². The molecule has 0 fully saturated rings. The number of rotatable bonds is 4. The lowest BCUT2D eigenvalue weighted by Gasteiger charge is -2.06. The standard InChI is InChI=1S/C12H10ClF2N3O/c13-9-4-10(14)8(3-11(9)15)12(19)17-2-1-7-5-16-6-18-7/h3-6H,1-2H2,(H,16,18)(H,17,19). The van der Waals surface area contributed by atoms with Crippen LogP contribution in [-0.4, -0.2) is 22.4 Å². The topological polar surface area (TPSA) is 57.8 Å². The second-order valence-corrected chi connectivity index (χ2v) is 4.24. The summed E-state index contributed by atoms with van der Waals surface area (Å²) in [7, 11) is 0. The molecule has 1 aromatic heterocycles. The number of nitrogens with zero attached hydrogens (tertiary/aromatic N) is 1. The molecule has 4 nitrogen and oxygen atoms in total. The van der Waals surface area contributed by atoms with Crippen LogP contribution in [0.15, 0.2) is 24.7 Å². The summed E-state index contributed by atoms with van der Waals surface area (Å²) in [6.45, 7) is 0.282. The number of carbonyl (C=O) groups excluding carboxylic acids is 1. The Labute approximate surface area is 112 Å². The van der Waals surface area contributed by atoms with Gasteiger partial charge in [-0.1, -0.05) is 11.6 Å². The number of carbonyl (C=O) groups is 1. The lowest BCUT2D eigenvalue weighted by atomic mass is 10.2. The fourth-order valence-electron chi connectivity index (χ4n) is 1.52. The van der Waals surface area contributed by atoms with E-state index >= 15 is 0 Å². The van der Waals surface area contributed by atoms with E-state index < -0.39 is 17.5 Å². The zero-order valence-electron chi connectivity index (χ0n) is 9.71. The van der Waals surface area contributed by atoms with E-state index in [0.717, 1.165) is 17.8 Å². The van der Waals surface area contributed by atoms with Gasteiger partial charge in [0.1, 0.15) is 11.6 Å². The molecule has 1 heterocycles. The van der Waals surface area contributed by atoms with Crippen molar-refractivity contribution in [2.24, 2.45) is 0 Å². The second-order valence-electron chi connectivity index (χ2n) is 3.83. The molecule has 0 bridgehead atoms. The fraction of sp³-hybridized carbons (Fsp3) is 0.167. The van der Waals surface area contributed by atoms with Gasteiger partial charge in [-0.2, -0.15) is 0 Å². The molecule has 0 aliphatic carbocycles. The van der Waals surface area contributed by atoms with E-state index in [2.05, 4.69) is 15.3 Å². The van der Waals surface area contributed by atoms with Crippen LogP contribution in [0.25, 0.3) is 0 Å². The third-order valence-electron chi connectivity index (χ3n) is 2.49. The Morgan fingerprint density at radius 1 is 1.37 bits per heavy atom. The van der Waals surface area contributed by atoms with Crippen LogP contribution in [0.5, 0.6) is 0 Å². The first-order valence-corrected chi connectivity index (χ1v) is 5.85. The second kappa shape index (κ2) is 5.79. The molecule has 0 aliphatic heterocycles. The van der Waals surface area contributed by atoms with Crippen LogP contribution in [0.2, 0.25) is 5.02 Å². The van der Waals surface area contributed by atoms with E-state index in [4.69, 9.17) is 11.6 Å². The van der Waals surface area contributed by atoms with Gasteiger partial charge in [0, 0.05) is 24.9 Å². The third kappa shape index (κ3) is 3.29. The molecule has 19 heavy (non-hydrogen) atoms. The molecule has 2 aromatic rings. The zero-order chi connectivity index (χ0) is 13.8. The van der Waals surface area contributed by atoms with Crippen LogP contribution in [0.1, 0.15) is 16.1 Å². The Bertz CT molecular complexity index is 587. The maximum absolute atomic E-state index is 13.5. The number of hydrogen-bond donors (Lipinski definition) is 2. The lowest BCUT2D eigenvalue weighted by Crippen LogP contribution is -2.26. The van der Waals surface area contributed by atoms with Crippen molar-refractivity contribution in [1.82, 2.24) is 15.3 Å². The zero-order valence-corrected chi connectivity index (χ0v) is 10.5. The summed E-state index contributed by atoms with van der Waals surface area (Å²) in [5, 5.41) is 2.13. The number of nitrogens with one attached hydrogen (secondary N) is 2. The number of amides is 1. The van der Waals surface area contributed by atoms with Gasteiger partial charge >= 0.3 is 0 Å². The number of hydrogen-bond acceptors (Lipinski definition) is 2. The van der Waals surface area contributed by atoms with Crippen LogP contribution in [0.3, 0.4) is 0 Å². The summed E-state index contributed by atoms with van der Waals surface area (Å²) in [5.41, 5.74) is 0.467. The van der Waals surface area contributed by atoms with Crippen molar-refractivity contribution in [3.8, 4) is 0 Å². The van der Waals surface area contributed by atoms with Gasteiger partial charge in [-0.15, -0.1) is 0 Å². The molecule has 100 valence electrons. The SMILES string of the molecule is O=C(NCCc1cnc[nH]1)c1cc(F)c(Cl)cc1F. The third-order valence-corrected chi connectivity index (χ3v) is 2.78. The van der Waals surface area contributed by atoms with Gasteiger partial charge in [0.15, 0.2) is 0 Å². The highest BCUT2D eigenvalue weighted by atomic mass is 35.5. The monoisotopic (exact) mass is 285 g/mol. The number of H-pyrrole nitrogens is 1. The molecule has 1 aromatic carbocycles. The number of halogens is 3. The van der Waals surface area contributed by atoms with Gasteiger partial charge in [-0.3, -0.25) is 4.79 Å². The van der Waals surface area contributed by atoms with E-state index in [1.807, 2.05) is 0 Å². The van der Waals surface area contributed by atoms with Crippen LogP contribution < -0.4 is 5.32 Å². The van der Waals surface area contributed by atoms with Crippen molar-refractivity contribution in [3.05, 3.63) is 52.6 Å². The highest BCUT2D eigenvalue weighted by Crippen LogP contribution is 2.19. The first-order valence-electron chi connectivity index (χ1n) is 5.48. The van der Waals surface area contributed by atoms with Crippen molar-refractivity contribution >= 4 is 17.5 Å². The predicted octanol–water partition coefficient (Wildman–Crippen LogP) is 2.31. The summed E-state index contributed by atoms with van der Waals surface area (Å²) in [6.07, 6.45) is 3.66. The van der Waals surface area contributed by atoms with Crippen molar-refractivity contribution in [2.75, 3.05) is 6.54 Å². The quantitative estimate of drug-likeness (QED) is 0.847. The Morgan fingerprint density at radius 3 is 2.84 bits per heavy atom. The summed E-state index contributed by atoms with van der Waals surface area (Å²) in [5.74, 6) is -2.38. The molecule has 0 saturated heterocycles. The Balaban J connectivity index is 1.98. The molecule has 7 heteroatoms. The summed E-state index contributed by atoms with van der Waals surface area (Å²) >= 11 is 5.40. The maximum Gasteiger partial charge on any atom is 0.254 e. The average molecular weight is 286 g/mol. The Kier molecular flexibility index (Phi) is 4.11. The molecule has 1 amide bonds. The van der Waals surface area contributed by atoms with Crippen molar-refractivity contribution in [2.45, 2.75) is 6.42 Å². The van der Waals surface area contributed by atoms with Gasteiger partial charge in [0.25, 0.3) is 5.91 Å². The van der Waals surface area contributed by atoms with Crippen molar-refractivity contribution in [3.63, 3.8) is 0 Å². The molecule has 0 radical (unpaired) electrons. The highest BCUT2D eigenvalue weighted by Gasteiger charge is 2.15. The highest BCUT2D eigenvalue weighted by molar-refractivity contribution is 6.30. The maximum atomic E-state index is 13.5. The van der Waals surface area contributed by atoms with Crippen LogP contribution in [-0.2, 0) is 6.42 Å². The molecule has 2 rings (SSSR count). The summed E-state index contributed by atoms with van der Waals surface area (Å²) < 4.78 is 26.6. The van der Waals surface area contributed by atoms with Crippen LogP contribution in [0, 0.1) is 11.6 Å². The fourth-order valence-corrected chi connectivity index (χ4v) is 1.67. The minimum Gasteiger partial charge on any atom is -0.352 e. The van der Waals surface area contributed by atoms with E-state index in [0.29, 0.717) is 6.42 Å². The smallest absolute Gasteiger partial charge is 0.254 e. The largest absolute Gasteiger partial charge is 0.352 e. The first-order chi connectivity index (χ1) is 9.08. The van der Waals surface area contributed by atoms with E-state index in [1.165, 1.54) is 6.33 Å².